The molecule has 0 unspecified atom stereocenters. The molecule has 0 spiro atoms. The number of benzene rings is 2. The maximum atomic E-state index is 12.8. The standard InChI is InChI=1S/C19H17N3O2S/c23-25(24,17-9-5-2-6-10-17)22-12-11-18-16(14-22)13-20-19(21-18)15-7-3-1-4-8-15/h1-10,13H,11-12,14H2. The smallest absolute Gasteiger partial charge is 0.236 e. The van der Waals surface area contributed by atoms with Crippen LogP contribution in [0.1, 0.15) is 11.3 Å². The number of nitrogens with zero attached hydrogens (tertiary/aromatic N) is 3. The molecule has 0 amide bonds. The van der Waals surface area contributed by atoms with Crippen molar-refractivity contribution >= 4 is 10.0 Å². The Balaban J connectivity index is 1.62. The van der Waals surface area contributed by atoms with Gasteiger partial charge in [0, 0.05) is 36.8 Å². The molecule has 25 heavy (non-hydrogen) atoms. The fourth-order valence-electron chi connectivity index (χ4n) is 2.96. The minimum atomic E-state index is -3.49. The zero-order valence-corrected chi connectivity index (χ0v) is 14.4. The van der Waals surface area contributed by atoms with Crippen molar-refractivity contribution in [1.29, 1.82) is 0 Å². The van der Waals surface area contributed by atoms with E-state index in [1.54, 1.807) is 30.5 Å². The number of aromatic nitrogens is 2. The highest BCUT2D eigenvalue weighted by Gasteiger charge is 2.29. The number of hydrogen-bond donors (Lipinski definition) is 0. The minimum Gasteiger partial charge on any atom is -0.236 e. The third-order valence-electron chi connectivity index (χ3n) is 4.31. The topological polar surface area (TPSA) is 63.2 Å². The van der Waals surface area contributed by atoms with E-state index in [0.29, 0.717) is 30.2 Å². The van der Waals surface area contributed by atoms with Crippen LogP contribution in [-0.4, -0.2) is 29.2 Å². The van der Waals surface area contributed by atoms with Crippen molar-refractivity contribution < 1.29 is 8.42 Å². The van der Waals surface area contributed by atoms with Crippen molar-refractivity contribution in [3.05, 3.63) is 78.1 Å². The molecule has 2 aromatic carbocycles. The lowest BCUT2D eigenvalue weighted by Gasteiger charge is -2.27. The van der Waals surface area contributed by atoms with Crippen molar-refractivity contribution in [2.75, 3.05) is 6.54 Å². The Labute approximate surface area is 147 Å². The van der Waals surface area contributed by atoms with E-state index in [0.717, 1.165) is 16.8 Å². The van der Waals surface area contributed by atoms with Crippen molar-refractivity contribution in [3.63, 3.8) is 0 Å². The van der Waals surface area contributed by atoms with Crippen LogP contribution in [0.4, 0.5) is 0 Å². The highest BCUT2D eigenvalue weighted by atomic mass is 32.2. The van der Waals surface area contributed by atoms with Crippen molar-refractivity contribution in [3.8, 4) is 11.4 Å². The third-order valence-corrected chi connectivity index (χ3v) is 6.17. The van der Waals surface area contributed by atoms with Gasteiger partial charge >= 0.3 is 0 Å². The Bertz CT molecular complexity index is 990. The van der Waals surface area contributed by atoms with Crippen LogP contribution in [0, 0.1) is 0 Å². The summed E-state index contributed by atoms with van der Waals surface area (Å²) in [5.41, 5.74) is 2.75. The van der Waals surface area contributed by atoms with E-state index in [9.17, 15) is 8.42 Å². The fraction of sp³-hybridized carbons (Fsp3) is 0.158. The summed E-state index contributed by atoms with van der Waals surface area (Å²) in [5.74, 6) is 0.679. The van der Waals surface area contributed by atoms with E-state index < -0.39 is 10.0 Å². The van der Waals surface area contributed by atoms with Crippen molar-refractivity contribution in [2.45, 2.75) is 17.9 Å². The predicted octanol–water partition coefficient (Wildman–Crippen LogP) is 2.89. The van der Waals surface area contributed by atoms with Crippen LogP contribution in [0.2, 0.25) is 0 Å². The van der Waals surface area contributed by atoms with Gasteiger partial charge in [-0.05, 0) is 12.1 Å². The van der Waals surface area contributed by atoms with Crippen LogP contribution >= 0.6 is 0 Å². The van der Waals surface area contributed by atoms with Crippen LogP contribution in [-0.2, 0) is 23.0 Å². The molecule has 1 aliphatic rings. The summed E-state index contributed by atoms with van der Waals surface area (Å²) >= 11 is 0. The van der Waals surface area contributed by atoms with Gasteiger partial charge in [0.15, 0.2) is 5.82 Å². The van der Waals surface area contributed by atoms with Crippen LogP contribution < -0.4 is 0 Å². The average Bonchev–Trinajstić information content (AvgIpc) is 2.68. The lowest BCUT2D eigenvalue weighted by molar-refractivity contribution is 0.387. The van der Waals surface area contributed by atoms with Crippen LogP contribution in [0.15, 0.2) is 71.8 Å². The van der Waals surface area contributed by atoms with E-state index >= 15 is 0 Å². The van der Waals surface area contributed by atoms with E-state index in [4.69, 9.17) is 0 Å². The van der Waals surface area contributed by atoms with Gasteiger partial charge in [-0.3, -0.25) is 0 Å². The molecule has 1 aromatic heterocycles. The predicted molar refractivity (Wildman–Crippen MR) is 95.2 cm³/mol. The Kier molecular flexibility index (Phi) is 4.07. The fourth-order valence-corrected chi connectivity index (χ4v) is 4.40. The molecule has 2 heterocycles. The van der Waals surface area contributed by atoms with Crippen molar-refractivity contribution in [2.24, 2.45) is 0 Å². The Morgan fingerprint density at radius 1 is 0.920 bits per heavy atom. The molecule has 0 bridgehead atoms. The summed E-state index contributed by atoms with van der Waals surface area (Å²) in [6.45, 7) is 0.733. The molecule has 126 valence electrons. The number of fused-ring (bicyclic) bond motifs is 1. The molecule has 0 radical (unpaired) electrons. The molecule has 0 N–H and O–H groups in total. The minimum absolute atomic E-state index is 0.307. The average molecular weight is 351 g/mol. The van der Waals surface area contributed by atoms with Crippen molar-refractivity contribution in [1.82, 2.24) is 14.3 Å². The summed E-state index contributed by atoms with van der Waals surface area (Å²) in [6, 6.07) is 18.3. The molecule has 5 nitrogen and oxygen atoms in total. The van der Waals surface area contributed by atoms with Gasteiger partial charge in [-0.1, -0.05) is 48.5 Å². The molecule has 1 aliphatic heterocycles. The van der Waals surface area contributed by atoms with Crippen LogP contribution in [0.25, 0.3) is 11.4 Å². The number of rotatable bonds is 3. The van der Waals surface area contributed by atoms with E-state index in [-0.39, 0.29) is 0 Å². The number of hydrogen-bond acceptors (Lipinski definition) is 4. The molecule has 0 saturated heterocycles. The van der Waals surface area contributed by atoms with Gasteiger partial charge in [0.05, 0.1) is 10.6 Å². The summed E-state index contributed by atoms with van der Waals surface area (Å²) in [7, 11) is -3.49. The first-order chi connectivity index (χ1) is 12.1. The normalized spacial score (nSPS) is 14.9. The molecule has 3 aromatic rings. The largest absolute Gasteiger partial charge is 0.243 e. The van der Waals surface area contributed by atoms with Gasteiger partial charge in [0.2, 0.25) is 10.0 Å². The second-order valence-electron chi connectivity index (χ2n) is 5.93. The molecular formula is C19H17N3O2S. The van der Waals surface area contributed by atoms with Gasteiger partial charge in [0.25, 0.3) is 0 Å². The zero-order chi connectivity index (χ0) is 17.3. The highest BCUT2D eigenvalue weighted by Crippen LogP contribution is 2.25. The molecule has 4 rings (SSSR count). The summed E-state index contributed by atoms with van der Waals surface area (Å²) in [6.07, 6.45) is 2.33. The lowest BCUT2D eigenvalue weighted by atomic mass is 10.1. The lowest BCUT2D eigenvalue weighted by Crippen LogP contribution is -2.36. The number of sulfonamides is 1. The molecule has 0 aliphatic carbocycles. The first kappa shape index (κ1) is 15.9. The van der Waals surface area contributed by atoms with Gasteiger partial charge in [-0.2, -0.15) is 4.31 Å². The highest BCUT2D eigenvalue weighted by molar-refractivity contribution is 7.89. The molecule has 0 fully saturated rings. The Morgan fingerprint density at radius 2 is 1.60 bits per heavy atom. The quantitative estimate of drug-likeness (QED) is 0.728. The van der Waals surface area contributed by atoms with Crippen LogP contribution in [0.5, 0.6) is 0 Å². The molecule has 0 saturated carbocycles. The Hall–Kier alpha value is -2.57. The maximum Gasteiger partial charge on any atom is 0.243 e. The zero-order valence-electron chi connectivity index (χ0n) is 13.5. The summed E-state index contributed by atoms with van der Waals surface area (Å²) < 4.78 is 27.0. The second-order valence-corrected chi connectivity index (χ2v) is 7.87. The molecular weight excluding hydrogens is 334 g/mol. The maximum absolute atomic E-state index is 12.8. The first-order valence-corrected chi connectivity index (χ1v) is 9.54. The third kappa shape index (κ3) is 3.06. The second kappa shape index (κ2) is 6.38. The van der Waals surface area contributed by atoms with Crippen LogP contribution in [0.3, 0.4) is 0 Å². The van der Waals surface area contributed by atoms with E-state index in [2.05, 4.69) is 9.97 Å². The summed E-state index contributed by atoms with van der Waals surface area (Å²) in [4.78, 5) is 9.38. The van der Waals surface area contributed by atoms with Gasteiger partial charge < -0.3 is 0 Å². The SMILES string of the molecule is O=S(=O)(c1ccccc1)N1CCc2nc(-c3ccccc3)ncc2C1. The van der Waals surface area contributed by atoms with E-state index in [1.807, 2.05) is 36.4 Å². The molecule has 6 heteroatoms. The van der Waals surface area contributed by atoms with Gasteiger partial charge in [-0.25, -0.2) is 18.4 Å². The molecule has 0 atom stereocenters. The first-order valence-electron chi connectivity index (χ1n) is 8.10. The monoisotopic (exact) mass is 351 g/mol. The Morgan fingerprint density at radius 3 is 2.32 bits per heavy atom. The van der Waals surface area contributed by atoms with Gasteiger partial charge in [-0.15, -0.1) is 0 Å². The summed E-state index contributed by atoms with van der Waals surface area (Å²) in [5, 5.41) is 0. The van der Waals surface area contributed by atoms with E-state index in [1.165, 1.54) is 4.31 Å². The van der Waals surface area contributed by atoms with Gasteiger partial charge in [0.1, 0.15) is 0 Å².